The zero-order valence-electron chi connectivity index (χ0n) is 8.79. The van der Waals surface area contributed by atoms with Gasteiger partial charge in [-0.15, -0.1) is 0 Å². The van der Waals surface area contributed by atoms with E-state index in [2.05, 4.69) is 11.9 Å². The van der Waals surface area contributed by atoms with Crippen LogP contribution in [0, 0.1) is 6.92 Å². The van der Waals surface area contributed by atoms with E-state index < -0.39 is 0 Å². The van der Waals surface area contributed by atoms with Crippen LogP contribution in [0.5, 0.6) is 0 Å². The molecule has 1 heterocycles. The van der Waals surface area contributed by atoms with Crippen molar-refractivity contribution in [1.29, 1.82) is 0 Å². The van der Waals surface area contributed by atoms with Crippen molar-refractivity contribution in [1.82, 2.24) is 5.32 Å². The van der Waals surface area contributed by atoms with Crippen LogP contribution in [0.3, 0.4) is 0 Å². The maximum absolute atomic E-state index is 11.3. The van der Waals surface area contributed by atoms with Gasteiger partial charge in [-0.2, -0.15) is 0 Å². The predicted molar refractivity (Wildman–Crippen MR) is 60.7 cm³/mol. The molecule has 3 heteroatoms. The van der Waals surface area contributed by atoms with Gasteiger partial charge in [-0.25, -0.2) is 0 Å². The fraction of sp³-hybridized carbons (Fsp3) is 0.250. The second-order valence-electron chi connectivity index (χ2n) is 3.76. The molecule has 78 valence electrons. The monoisotopic (exact) mass is 202 g/mol. The Morgan fingerprint density at radius 2 is 2.00 bits per heavy atom. The Morgan fingerprint density at radius 1 is 1.33 bits per heavy atom. The number of hydrogen-bond acceptors (Lipinski definition) is 2. The second-order valence-corrected chi connectivity index (χ2v) is 3.76. The molecule has 0 atom stereocenters. The van der Waals surface area contributed by atoms with Crippen LogP contribution in [-0.4, -0.2) is 19.0 Å². The standard InChI is InChI=1S/C12H14N2O/c1-9-3-5-11(6-4-9)14-8-12(15)13-7-10(14)2/h3-6H,2,7-8H2,1H3,(H,13,15). The van der Waals surface area contributed by atoms with Crippen LogP contribution in [0.4, 0.5) is 5.69 Å². The van der Waals surface area contributed by atoms with E-state index in [0.717, 1.165) is 11.4 Å². The zero-order chi connectivity index (χ0) is 10.8. The van der Waals surface area contributed by atoms with Crippen molar-refractivity contribution in [2.24, 2.45) is 0 Å². The third-order valence-electron chi connectivity index (χ3n) is 2.52. The molecule has 0 radical (unpaired) electrons. The number of carbonyl (C=O) groups is 1. The summed E-state index contributed by atoms with van der Waals surface area (Å²) in [4.78, 5) is 13.2. The molecule has 0 spiro atoms. The number of carbonyl (C=O) groups excluding carboxylic acids is 1. The largest absolute Gasteiger partial charge is 0.349 e. The first kappa shape index (κ1) is 9.77. The van der Waals surface area contributed by atoms with Crippen LogP contribution in [0.25, 0.3) is 0 Å². The first-order valence-electron chi connectivity index (χ1n) is 4.95. The topological polar surface area (TPSA) is 32.3 Å². The van der Waals surface area contributed by atoms with Gasteiger partial charge < -0.3 is 10.2 Å². The van der Waals surface area contributed by atoms with E-state index in [-0.39, 0.29) is 5.91 Å². The normalized spacial score (nSPS) is 16.5. The van der Waals surface area contributed by atoms with Crippen LogP contribution in [0.1, 0.15) is 5.56 Å². The van der Waals surface area contributed by atoms with E-state index in [1.807, 2.05) is 36.1 Å². The number of rotatable bonds is 1. The molecule has 1 aromatic carbocycles. The fourth-order valence-electron chi connectivity index (χ4n) is 1.61. The molecule has 1 amide bonds. The van der Waals surface area contributed by atoms with E-state index >= 15 is 0 Å². The van der Waals surface area contributed by atoms with Crippen molar-refractivity contribution in [3.8, 4) is 0 Å². The van der Waals surface area contributed by atoms with Gasteiger partial charge in [0.2, 0.25) is 5.91 Å². The van der Waals surface area contributed by atoms with Crippen molar-refractivity contribution in [2.75, 3.05) is 18.0 Å². The minimum atomic E-state index is 0.0444. The molecule has 0 aromatic heterocycles. The molecule has 1 saturated heterocycles. The molecular weight excluding hydrogens is 188 g/mol. The second kappa shape index (κ2) is 3.77. The Morgan fingerprint density at radius 3 is 2.67 bits per heavy atom. The number of hydrogen-bond donors (Lipinski definition) is 1. The summed E-state index contributed by atoms with van der Waals surface area (Å²) in [5, 5.41) is 2.76. The maximum atomic E-state index is 11.3. The number of amides is 1. The van der Waals surface area contributed by atoms with Crippen molar-refractivity contribution < 1.29 is 4.79 Å². The van der Waals surface area contributed by atoms with Crippen molar-refractivity contribution >= 4 is 11.6 Å². The van der Waals surface area contributed by atoms with Gasteiger partial charge in [0.1, 0.15) is 6.54 Å². The van der Waals surface area contributed by atoms with Gasteiger partial charge in [0.05, 0.1) is 6.54 Å². The van der Waals surface area contributed by atoms with Gasteiger partial charge >= 0.3 is 0 Å². The highest BCUT2D eigenvalue weighted by molar-refractivity contribution is 5.84. The van der Waals surface area contributed by atoms with Crippen LogP contribution in [-0.2, 0) is 4.79 Å². The number of aryl methyl sites for hydroxylation is 1. The molecule has 1 fully saturated rings. The summed E-state index contributed by atoms with van der Waals surface area (Å²) in [6.45, 7) is 6.88. The molecule has 0 unspecified atom stereocenters. The zero-order valence-corrected chi connectivity index (χ0v) is 8.79. The van der Waals surface area contributed by atoms with E-state index in [4.69, 9.17) is 0 Å². The minimum Gasteiger partial charge on any atom is -0.349 e. The average Bonchev–Trinajstić information content (AvgIpc) is 2.23. The Hall–Kier alpha value is -1.77. The van der Waals surface area contributed by atoms with Crippen LogP contribution in [0.15, 0.2) is 36.5 Å². The summed E-state index contributed by atoms with van der Waals surface area (Å²) in [5.74, 6) is 0.0444. The SMILES string of the molecule is C=C1CNC(=O)CN1c1ccc(C)cc1. The Balaban J connectivity index is 2.25. The fourth-order valence-corrected chi connectivity index (χ4v) is 1.61. The lowest BCUT2D eigenvalue weighted by molar-refractivity contribution is -0.120. The summed E-state index contributed by atoms with van der Waals surface area (Å²) in [6, 6.07) is 8.10. The first-order chi connectivity index (χ1) is 7.16. The lowest BCUT2D eigenvalue weighted by Gasteiger charge is -2.30. The Kier molecular flexibility index (Phi) is 2.46. The summed E-state index contributed by atoms with van der Waals surface area (Å²) in [7, 11) is 0. The smallest absolute Gasteiger partial charge is 0.240 e. The van der Waals surface area contributed by atoms with Gasteiger partial charge in [-0.3, -0.25) is 4.79 Å². The summed E-state index contributed by atoms with van der Waals surface area (Å²) < 4.78 is 0. The van der Waals surface area contributed by atoms with E-state index in [9.17, 15) is 4.79 Å². The lowest BCUT2D eigenvalue weighted by atomic mass is 10.2. The number of anilines is 1. The van der Waals surface area contributed by atoms with Crippen molar-refractivity contribution in [3.63, 3.8) is 0 Å². The third-order valence-corrected chi connectivity index (χ3v) is 2.52. The van der Waals surface area contributed by atoms with Crippen LogP contribution in [0.2, 0.25) is 0 Å². The number of benzene rings is 1. The average molecular weight is 202 g/mol. The highest BCUT2D eigenvalue weighted by atomic mass is 16.2. The quantitative estimate of drug-likeness (QED) is 0.747. The predicted octanol–water partition coefficient (Wildman–Crippen LogP) is 1.44. The molecule has 3 nitrogen and oxygen atoms in total. The van der Waals surface area contributed by atoms with Gasteiger partial charge in [0.15, 0.2) is 0 Å². The van der Waals surface area contributed by atoms with E-state index in [1.54, 1.807) is 0 Å². The van der Waals surface area contributed by atoms with Gasteiger partial charge in [0, 0.05) is 11.4 Å². The highest BCUT2D eigenvalue weighted by Crippen LogP contribution is 2.19. The van der Waals surface area contributed by atoms with Gasteiger partial charge in [-0.1, -0.05) is 24.3 Å². The van der Waals surface area contributed by atoms with Gasteiger partial charge in [0.25, 0.3) is 0 Å². The van der Waals surface area contributed by atoms with Crippen molar-refractivity contribution in [2.45, 2.75) is 6.92 Å². The van der Waals surface area contributed by atoms with Crippen LogP contribution < -0.4 is 10.2 Å². The molecule has 0 aliphatic carbocycles. The minimum absolute atomic E-state index is 0.0444. The summed E-state index contributed by atoms with van der Waals surface area (Å²) in [5.41, 5.74) is 3.17. The molecule has 15 heavy (non-hydrogen) atoms. The summed E-state index contributed by atoms with van der Waals surface area (Å²) >= 11 is 0. The molecule has 1 aliphatic heterocycles. The van der Waals surface area contributed by atoms with Gasteiger partial charge in [-0.05, 0) is 19.1 Å². The van der Waals surface area contributed by atoms with E-state index in [1.165, 1.54) is 5.56 Å². The number of piperazine rings is 1. The Labute approximate surface area is 89.4 Å². The van der Waals surface area contributed by atoms with Crippen LogP contribution >= 0.6 is 0 Å². The molecule has 1 aliphatic rings. The first-order valence-corrected chi connectivity index (χ1v) is 4.95. The molecular formula is C12H14N2O. The third kappa shape index (κ3) is 2.01. The molecule has 1 aromatic rings. The molecule has 1 N–H and O–H groups in total. The number of nitrogens with one attached hydrogen (secondary N) is 1. The summed E-state index contributed by atoms with van der Waals surface area (Å²) in [6.07, 6.45) is 0. The molecule has 2 rings (SSSR count). The van der Waals surface area contributed by atoms with E-state index in [0.29, 0.717) is 13.1 Å². The highest BCUT2D eigenvalue weighted by Gasteiger charge is 2.19. The number of nitrogens with zero attached hydrogens (tertiary/aromatic N) is 1. The molecule has 0 saturated carbocycles. The lowest BCUT2D eigenvalue weighted by Crippen LogP contribution is -2.45. The molecule has 0 bridgehead atoms. The van der Waals surface area contributed by atoms with Crippen molar-refractivity contribution in [3.05, 3.63) is 42.1 Å². The maximum Gasteiger partial charge on any atom is 0.240 e. The Bertz CT molecular complexity index is 395.